The van der Waals surface area contributed by atoms with E-state index < -0.39 is 21.5 Å². The average molecular weight is 388 g/mol. The molecule has 1 fully saturated rings. The standard InChI is InChI=1S/C18H20N4O4S/c1-12-6-14(5-4-13(12)8-19)20-17(23)16-7-15(9-22(16)3)27(24,25)21-18(2)10-26-11-18/h4-7,9,21H,10-11H2,1-3H3,(H,20,23). The monoisotopic (exact) mass is 388 g/mol. The van der Waals surface area contributed by atoms with Crippen LogP contribution in [0.25, 0.3) is 0 Å². The first-order valence-corrected chi connectivity index (χ1v) is 9.72. The van der Waals surface area contributed by atoms with Gasteiger partial charge in [-0.25, -0.2) is 13.1 Å². The van der Waals surface area contributed by atoms with Crippen molar-refractivity contribution >= 4 is 21.6 Å². The molecule has 1 saturated heterocycles. The molecule has 0 saturated carbocycles. The number of nitriles is 1. The molecule has 2 aromatic rings. The summed E-state index contributed by atoms with van der Waals surface area (Å²) in [5, 5.41) is 11.7. The molecular formula is C18H20N4O4S. The fourth-order valence-corrected chi connectivity index (χ4v) is 4.27. The van der Waals surface area contributed by atoms with Gasteiger partial charge in [0, 0.05) is 18.9 Å². The van der Waals surface area contributed by atoms with E-state index in [9.17, 15) is 13.2 Å². The maximum absolute atomic E-state index is 12.6. The first-order valence-electron chi connectivity index (χ1n) is 8.24. The zero-order valence-electron chi connectivity index (χ0n) is 15.2. The maximum Gasteiger partial charge on any atom is 0.272 e. The Morgan fingerprint density at radius 1 is 1.33 bits per heavy atom. The van der Waals surface area contributed by atoms with Gasteiger partial charge in [0.1, 0.15) is 10.6 Å². The molecule has 0 unspecified atom stereocenters. The Labute approximate surface area is 157 Å². The van der Waals surface area contributed by atoms with Crippen LogP contribution >= 0.6 is 0 Å². The number of hydrogen-bond donors (Lipinski definition) is 2. The minimum Gasteiger partial charge on any atom is -0.377 e. The van der Waals surface area contributed by atoms with Crippen LogP contribution in [0.1, 0.15) is 28.5 Å². The number of carbonyl (C=O) groups is 1. The van der Waals surface area contributed by atoms with Gasteiger partial charge in [-0.2, -0.15) is 5.26 Å². The molecule has 1 aromatic heterocycles. The van der Waals surface area contributed by atoms with Crippen molar-refractivity contribution in [2.24, 2.45) is 7.05 Å². The second-order valence-electron chi connectivity index (χ2n) is 6.93. The molecule has 9 heteroatoms. The van der Waals surface area contributed by atoms with Crippen molar-refractivity contribution in [1.82, 2.24) is 9.29 Å². The number of anilines is 1. The summed E-state index contributed by atoms with van der Waals surface area (Å²) in [5.41, 5.74) is 1.37. The summed E-state index contributed by atoms with van der Waals surface area (Å²) < 4.78 is 34.2. The Balaban J connectivity index is 1.80. The highest BCUT2D eigenvalue weighted by Gasteiger charge is 2.38. The summed E-state index contributed by atoms with van der Waals surface area (Å²) in [4.78, 5) is 12.6. The molecule has 0 aliphatic carbocycles. The molecule has 1 aliphatic rings. The molecule has 0 atom stereocenters. The van der Waals surface area contributed by atoms with E-state index >= 15 is 0 Å². The van der Waals surface area contributed by atoms with Crippen molar-refractivity contribution in [1.29, 1.82) is 5.26 Å². The van der Waals surface area contributed by atoms with Gasteiger partial charge < -0.3 is 14.6 Å². The number of benzene rings is 1. The van der Waals surface area contributed by atoms with Crippen LogP contribution in [-0.4, -0.2) is 37.6 Å². The van der Waals surface area contributed by atoms with E-state index in [1.807, 2.05) is 0 Å². The summed E-state index contributed by atoms with van der Waals surface area (Å²) in [7, 11) is -2.17. The number of aromatic nitrogens is 1. The normalized spacial score (nSPS) is 15.6. The Bertz CT molecular complexity index is 1050. The van der Waals surface area contributed by atoms with Gasteiger partial charge in [-0.1, -0.05) is 0 Å². The third-order valence-electron chi connectivity index (χ3n) is 4.35. The molecule has 142 valence electrons. The molecule has 1 aliphatic heterocycles. The van der Waals surface area contributed by atoms with Crippen LogP contribution in [0.3, 0.4) is 0 Å². The second kappa shape index (κ2) is 6.81. The fraction of sp³-hybridized carbons (Fsp3) is 0.333. The number of amides is 1. The van der Waals surface area contributed by atoms with E-state index in [2.05, 4.69) is 16.1 Å². The van der Waals surface area contributed by atoms with E-state index in [0.29, 0.717) is 24.5 Å². The summed E-state index contributed by atoms with van der Waals surface area (Å²) in [6.45, 7) is 4.16. The van der Waals surface area contributed by atoms with Crippen molar-refractivity contribution in [2.75, 3.05) is 18.5 Å². The summed E-state index contributed by atoms with van der Waals surface area (Å²) in [5.74, 6) is -0.443. The van der Waals surface area contributed by atoms with Crippen LogP contribution in [0, 0.1) is 18.3 Å². The second-order valence-corrected chi connectivity index (χ2v) is 8.61. The molecule has 0 radical (unpaired) electrons. The Morgan fingerprint density at radius 2 is 2.04 bits per heavy atom. The number of sulfonamides is 1. The van der Waals surface area contributed by atoms with E-state index in [-0.39, 0.29) is 10.6 Å². The molecule has 27 heavy (non-hydrogen) atoms. The number of nitrogens with one attached hydrogen (secondary N) is 2. The van der Waals surface area contributed by atoms with Gasteiger partial charge in [0.15, 0.2) is 0 Å². The number of aryl methyl sites for hydroxylation is 2. The smallest absolute Gasteiger partial charge is 0.272 e. The third-order valence-corrected chi connectivity index (χ3v) is 5.95. The average Bonchev–Trinajstić information content (AvgIpc) is 2.96. The summed E-state index contributed by atoms with van der Waals surface area (Å²) >= 11 is 0. The zero-order chi connectivity index (χ0) is 19.8. The van der Waals surface area contributed by atoms with Crippen molar-refractivity contribution in [2.45, 2.75) is 24.3 Å². The molecule has 1 aromatic carbocycles. The van der Waals surface area contributed by atoms with Crippen molar-refractivity contribution in [3.8, 4) is 6.07 Å². The molecule has 0 bridgehead atoms. The van der Waals surface area contributed by atoms with Gasteiger partial charge in [-0.15, -0.1) is 0 Å². The Morgan fingerprint density at radius 3 is 2.59 bits per heavy atom. The van der Waals surface area contributed by atoms with Crippen molar-refractivity contribution < 1.29 is 17.9 Å². The van der Waals surface area contributed by atoms with E-state index in [1.54, 1.807) is 39.1 Å². The van der Waals surface area contributed by atoms with E-state index in [1.165, 1.54) is 16.8 Å². The van der Waals surface area contributed by atoms with Crippen molar-refractivity contribution in [3.05, 3.63) is 47.3 Å². The predicted molar refractivity (Wildman–Crippen MR) is 98.8 cm³/mol. The number of nitrogens with zero attached hydrogens (tertiary/aromatic N) is 2. The van der Waals surface area contributed by atoms with Crippen LogP contribution in [-0.2, 0) is 21.8 Å². The van der Waals surface area contributed by atoms with E-state index in [0.717, 1.165) is 5.56 Å². The predicted octanol–water partition coefficient (Wildman–Crippen LogP) is 1.52. The number of ether oxygens (including phenoxy) is 1. The van der Waals surface area contributed by atoms with Gasteiger partial charge >= 0.3 is 0 Å². The quantitative estimate of drug-likeness (QED) is 0.806. The summed E-state index contributed by atoms with van der Waals surface area (Å²) in [6, 6.07) is 8.34. The molecule has 8 nitrogen and oxygen atoms in total. The topological polar surface area (TPSA) is 113 Å². The van der Waals surface area contributed by atoms with Crippen LogP contribution in [0.2, 0.25) is 0 Å². The summed E-state index contributed by atoms with van der Waals surface area (Å²) in [6.07, 6.45) is 1.39. The highest BCUT2D eigenvalue weighted by Crippen LogP contribution is 2.22. The van der Waals surface area contributed by atoms with Gasteiger partial charge in [-0.05, 0) is 43.7 Å². The highest BCUT2D eigenvalue weighted by molar-refractivity contribution is 7.89. The zero-order valence-corrected chi connectivity index (χ0v) is 16.1. The van der Waals surface area contributed by atoms with Gasteiger partial charge in [0.25, 0.3) is 5.91 Å². The van der Waals surface area contributed by atoms with Crippen LogP contribution in [0.4, 0.5) is 5.69 Å². The molecule has 1 amide bonds. The molecule has 3 rings (SSSR count). The fourth-order valence-electron chi connectivity index (χ4n) is 2.82. The maximum atomic E-state index is 12.6. The van der Waals surface area contributed by atoms with Crippen LogP contribution in [0.5, 0.6) is 0 Å². The largest absolute Gasteiger partial charge is 0.377 e. The third kappa shape index (κ3) is 3.88. The SMILES string of the molecule is Cc1cc(NC(=O)c2cc(S(=O)(=O)NC3(C)COC3)cn2C)ccc1C#N. The minimum atomic E-state index is -3.77. The number of rotatable bonds is 5. The lowest BCUT2D eigenvalue weighted by Crippen LogP contribution is -2.59. The highest BCUT2D eigenvalue weighted by atomic mass is 32.2. The Hall–Kier alpha value is -2.67. The number of hydrogen-bond acceptors (Lipinski definition) is 5. The van der Waals surface area contributed by atoms with Gasteiger partial charge in [-0.3, -0.25) is 4.79 Å². The first kappa shape index (κ1) is 19.1. The van der Waals surface area contributed by atoms with Gasteiger partial charge in [0.2, 0.25) is 10.0 Å². The van der Waals surface area contributed by atoms with Gasteiger partial charge in [0.05, 0.1) is 30.4 Å². The lowest BCUT2D eigenvalue weighted by molar-refractivity contribution is -0.0523. The van der Waals surface area contributed by atoms with E-state index in [4.69, 9.17) is 10.00 Å². The number of carbonyl (C=O) groups excluding carboxylic acids is 1. The molecule has 2 heterocycles. The molecule has 0 spiro atoms. The lowest BCUT2D eigenvalue weighted by atomic mass is 10.0. The molecule has 2 N–H and O–H groups in total. The molecular weight excluding hydrogens is 368 g/mol. The Kier molecular flexibility index (Phi) is 4.82. The van der Waals surface area contributed by atoms with Crippen LogP contribution < -0.4 is 10.0 Å². The van der Waals surface area contributed by atoms with Crippen molar-refractivity contribution in [3.63, 3.8) is 0 Å². The lowest BCUT2D eigenvalue weighted by Gasteiger charge is -2.38. The van der Waals surface area contributed by atoms with Crippen LogP contribution in [0.15, 0.2) is 35.4 Å². The minimum absolute atomic E-state index is 0.0132. The first-order chi connectivity index (χ1) is 12.6.